The highest BCUT2D eigenvalue weighted by molar-refractivity contribution is 7.80. The van der Waals surface area contributed by atoms with Gasteiger partial charge in [-0.1, -0.05) is 66.7 Å². The second-order valence-corrected chi connectivity index (χ2v) is 8.54. The summed E-state index contributed by atoms with van der Waals surface area (Å²) in [5.74, 6) is 0.484. The Kier molecular flexibility index (Phi) is 6.73. The molecule has 0 atom stereocenters. The SMILES string of the molecule is COc1ccc2oc(-c3cccc(NC(=S)NC(=O)C(c4ccccc4)c4ccccc4)c3)nc2c1. The highest BCUT2D eigenvalue weighted by atomic mass is 32.1. The number of methoxy groups -OCH3 is 1. The molecular weight excluding hydrogens is 470 g/mol. The summed E-state index contributed by atoms with van der Waals surface area (Å²) in [5.41, 5.74) is 4.62. The van der Waals surface area contributed by atoms with E-state index in [1.165, 1.54) is 0 Å². The lowest BCUT2D eigenvalue weighted by Gasteiger charge is -2.18. The molecule has 1 amide bonds. The van der Waals surface area contributed by atoms with E-state index in [4.69, 9.17) is 21.4 Å². The molecule has 6 nitrogen and oxygen atoms in total. The van der Waals surface area contributed by atoms with Gasteiger partial charge in [0.1, 0.15) is 11.3 Å². The largest absolute Gasteiger partial charge is 0.497 e. The standard InChI is InChI=1S/C29H23N3O3S/c1-34-23-15-16-25-24(18-23)31-28(35-25)21-13-8-14-22(17-21)30-29(36)32-27(33)26(19-9-4-2-5-10-19)20-11-6-3-7-12-20/h2-18,26H,1H3,(H2,30,32,33,36). The molecule has 4 aromatic carbocycles. The van der Waals surface area contributed by atoms with E-state index in [0.29, 0.717) is 28.4 Å². The second-order valence-electron chi connectivity index (χ2n) is 8.13. The van der Waals surface area contributed by atoms with Crippen LogP contribution in [0.2, 0.25) is 0 Å². The Bertz CT molecular complexity index is 1480. The van der Waals surface area contributed by atoms with Crippen LogP contribution in [0.1, 0.15) is 17.0 Å². The maximum Gasteiger partial charge on any atom is 0.238 e. The minimum absolute atomic E-state index is 0.205. The van der Waals surface area contributed by atoms with Crippen molar-refractivity contribution in [2.75, 3.05) is 12.4 Å². The van der Waals surface area contributed by atoms with Crippen molar-refractivity contribution in [3.05, 3.63) is 114 Å². The molecule has 2 N–H and O–H groups in total. The third-order valence-electron chi connectivity index (χ3n) is 5.73. The van der Waals surface area contributed by atoms with Gasteiger partial charge < -0.3 is 19.8 Å². The number of hydrogen-bond donors (Lipinski definition) is 2. The van der Waals surface area contributed by atoms with E-state index in [1.807, 2.05) is 103 Å². The van der Waals surface area contributed by atoms with Gasteiger partial charge >= 0.3 is 0 Å². The maximum absolute atomic E-state index is 13.3. The minimum atomic E-state index is -0.491. The summed E-state index contributed by atoms with van der Waals surface area (Å²) in [7, 11) is 1.61. The Morgan fingerprint density at radius 3 is 2.25 bits per heavy atom. The lowest BCUT2D eigenvalue weighted by molar-refractivity contribution is -0.120. The molecule has 0 bridgehead atoms. The number of ether oxygens (including phenoxy) is 1. The van der Waals surface area contributed by atoms with E-state index in [-0.39, 0.29) is 11.0 Å². The van der Waals surface area contributed by atoms with Gasteiger partial charge in [-0.05, 0) is 53.7 Å². The fourth-order valence-electron chi connectivity index (χ4n) is 4.02. The van der Waals surface area contributed by atoms with Gasteiger partial charge in [0, 0.05) is 17.3 Å². The fourth-order valence-corrected chi connectivity index (χ4v) is 4.24. The van der Waals surface area contributed by atoms with Gasteiger partial charge in [0.2, 0.25) is 11.8 Å². The smallest absolute Gasteiger partial charge is 0.238 e. The number of hydrogen-bond acceptors (Lipinski definition) is 5. The number of oxazole rings is 1. The zero-order valence-electron chi connectivity index (χ0n) is 19.5. The molecule has 1 heterocycles. The van der Waals surface area contributed by atoms with Crippen LogP contribution in [0, 0.1) is 0 Å². The van der Waals surface area contributed by atoms with Crippen LogP contribution < -0.4 is 15.4 Å². The van der Waals surface area contributed by atoms with Gasteiger partial charge in [-0.3, -0.25) is 4.79 Å². The predicted molar refractivity (Wildman–Crippen MR) is 145 cm³/mol. The number of rotatable bonds is 6. The van der Waals surface area contributed by atoms with E-state index in [9.17, 15) is 4.79 Å². The molecule has 0 aliphatic carbocycles. The first-order chi connectivity index (χ1) is 17.6. The first-order valence-corrected chi connectivity index (χ1v) is 11.8. The van der Waals surface area contributed by atoms with Crippen molar-refractivity contribution in [2.24, 2.45) is 0 Å². The van der Waals surface area contributed by atoms with Crippen LogP contribution in [-0.4, -0.2) is 23.1 Å². The van der Waals surface area contributed by atoms with E-state index >= 15 is 0 Å². The quantitative estimate of drug-likeness (QED) is 0.276. The molecule has 0 unspecified atom stereocenters. The van der Waals surface area contributed by atoms with E-state index < -0.39 is 5.92 Å². The van der Waals surface area contributed by atoms with Crippen molar-refractivity contribution < 1.29 is 13.9 Å². The van der Waals surface area contributed by atoms with Crippen LogP contribution in [0.4, 0.5) is 5.69 Å². The first-order valence-electron chi connectivity index (χ1n) is 11.4. The average molecular weight is 494 g/mol. The van der Waals surface area contributed by atoms with Crippen molar-refractivity contribution in [3.8, 4) is 17.2 Å². The van der Waals surface area contributed by atoms with Crippen LogP contribution in [-0.2, 0) is 4.79 Å². The Balaban J connectivity index is 1.33. The summed E-state index contributed by atoms with van der Waals surface area (Å²) in [6.45, 7) is 0. The molecular formula is C29H23N3O3S. The summed E-state index contributed by atoms with van der Waals surface area (Å²) in [4.78, 5) is 17.9. The zero-order valence-corrected chi connectivity index (χ0v) is 20.3. The van der Waals surface area contributed by atoms with Crippen molar-refractivity contribution in [1.82, 2.24) is 10.3 Å². The lowest BCUT2D eigenvalue weighted by Crippen LogP contribution is -2.37. The third kappa shape index (κ3) is 5.11. The third-order valence-corrected chi connectivity index (χ3v) is 5.93. The lowest BCUT2D eigenvalue weighted by atomic mass is 9.90. The van der Waals surface area contributed by atoms with Crippen LogP contribution in [0.25, 0.3) is 22.6 Å². The van der Waals surface area contributed by atoms with Gasteiger partial charge in [-0.15, -0.1) is 0 Å². The van der Waals surface area contributed by atoms with Crippen LogP contribution in [0.3, 0.4) is 0 Å². The molecule has 0 spiro atoms. The van der Waals surface area contributed by atoms with Crippen molar-refractivity contribution in [1.29, 1.82) is 0 Å². The normalized spacial score (nSPS) is 10.8. The molecule has 0 aliphatic rings. The van der Waals surface area contributed by atoms with E-state index in [2.05, 4.69) is 15.6 Å². The molecule has 0 saturated carbocycles. The maximum atomic E-state index is 13.3. The number of nitrogens with zero attached hydrogens (tertiary/aromatic N) is 1. The second kappa shape index (κ2) is 10.4. The Morgan fingerprint density at radius 1 is 0.889 bits per heavy atom. The molecule has 5 rings (SSSR count). The topological polar surface area (TPSA) is 76.4 Å². The zero-order chi connectivity index (χ0) is 24.9. The van der Waals surface area contributed by atoms with Crippen LogP contribution >= 0.6 is 12.2 Å². The van der Waals surface area contributed by atoms with Gasteiger partial charge in [0.05, 0.1) is 13.0 Å². The molecule has 36 heavy (non-hydrogen) atoms. The highest BCUT2D eigenvalue weighted by Crippen LogP contribution is 2.28. The molecule has 1 aromatic heterocycles. The van der Waals surface area contributed by atoms with Crippen molar-refractivity contribution in [3.63, 3.8) is 0 Å². The predicted octanol–water partition coefficient (Wildman–Crippen LogP) is 6.15. The van der Waals surface area contributed by atoms with Crippen LogP contribution in [0.5, 0.6) is 5.75 Å². The summed E-state index contributed by atoms with van der Waals surface area (Å²) in [5, 5.41) is 6.16. The van der Waals surface area contributed by atoms with Gasteiger partial charge in [-0.2, -0.15) is 0 Å². The molecule has 0 aliphatic heterocycles. The number of thiocarbonyl (C=S) groups is 1. The van der Waals surface area contributed by atoms with Crippen molar-refractivity contribution in [2.45, 2.75) is 5.92 Å². The number of nitrogens with one attached hydrogen (secondary N) is 2. The number of aromatic nitrogens is 1. The number of fused-ring (bicyclic) bond motifs is 1. The summed E-state index contributed by atoms with van der Waals surface area (Å²) in [6, 6.07) is 32.3. The van der Waals surface area contributed by atoms with E-state index in [0.717, 1.165) is 16.7 Å². The number of amides is 1. The monoisotopic (exact) mass is 493 g/mol. The average Bonchev–Trinajstić information content (AvgIpc) is 3.34. The number of carbonyl (C=O) groups is 1. The Labute approximate surface area is 213 Å². The molecule has 0 fully saturated rings. The van der Waals surface area contributed by atoms with Gasteiger partial charge in [0.25, 0.3) is 0 Å². The van der Waals surface area contributed by atoms with Crippen LogP contribution in [0.15, 0.2) is 108 Å². The molecule has 7 heteroatoms. The van der Waals surface area contributed by atoms with Gasteiger partial charge in [-0.25, -0.2) is 4.98 Å². The molecule has 178 valence electrons. The van der Waals surface area contributed by atoms with E-state index in [1.54, 1.807) is 7.11 Å². The summed E-state index contributed by atoms with van der Waals surface area (Å²) < 4.78 is 11.2. The number of benzene rings is 4. The summed E-state index contributed by atoms with van der Waals surface area (Å²) >= 11 is 5.48. The molecule has 0 saturated heterocycles. The Morgan fingerprint density at radius 2 is 1.58 bits per heavy atom. The summed E-state index contributed by atoms with van der Waals surface area (Å²) in [6.07, 6.45) is 0. The molecule has 0 radical (unpaired) electrons. The Hall–Kier alpha value is -4.49. The fraction of sp³-hybridized carbons (Fsp3) is 0.0690. The van der Waals surface area contributed by atoms with Crippen molar-refractivity contribution >= 4 is 40.0 Å². The first kappa shape index (κ1) is 23.3. The molecule has 5 aromatic rings. The number of anilines is 1. The minimum Gasteiger partial charge on any atom is -0.497 e. The number of carbonyl (C=O) groups excluding carboxylic acids is 1. The highest BCUT2D eigenvalue weighted by Gasteiger charge is 2.23. The van der Waals surface area contributed by atoms with Gasteiger partial charge in [0.15, 0.2) is 10.7 Å².